The standard InChI is InChI=1S/C67H123NO5/c1-3-5-7-9-11-13-15-17-19-21-23-24-25-26-27-28-31-35-39-43-47-51-55-59-65(70)64(63-69)68-66(71)60-56-52-48-44-40-36-32-30-34-38-42-46-50-54-58-62-73-67(72)61-57-53-49-45-41-37-33-29-22-20-18-16-14-12-10-8-6-4-2/h14,16,20,22,30,34,38,42,55,59,64-65,69-70H,3-13,15,17-19,21,23-29,31-33,35-37,39-41,43-54,56-58,60-63H2,1-2H3,(H,68,71)/b16-14-,22-20-,34-30-,42-38-,59-55+. The Kier molecular flexibility index (Phi) is 60.0. The molecule has 2 atom stereocenters. The van der Waals surface area contributed by atoms with Crippen molar-refractivity contribution in [3.8, 4) is 0 Å². The number of aliphatic hydroxyl groups is 2. The number of aliphatic hydroxyl groups excluding tert-OH is 2. The van der Waals surface area contributed by atoms with Gasteiger partial charge < -0.3 is 20.3 Å². The Labute approximate surface area is 454 Å². The number of hydrogen-bond donors (Lipinski definition) is 3. The van der Waals surface area contributed by atoms with Crippen molar-refractivity contribution in [1.29, 1.82) is 0 Å². The van der Waals surface area contributed by atoms with Gasteiger partial charge in [0, 0.05) is 12.8 Å². The molecule has 0 fully saturated rings. The number of unbranched alkanes of at least 4 members (excludes halogenated alkanes) is 41. The fourth-order valence-electron chi connectivity index (χ4n) is 9.60. The summed E-state index contributed by atoms with van der Waals surface area (Å²) in [5.74, 6) is -0.119. The van der Waals surface area contributed by atoms with Gasteiger partial charge >= 0.3 is 5.97 Å². The molecule has 3 N–H and O–H groups in total. The molecule has 0 bridgehead atoms. The van der Waals surface area contributed by atoms with Crippen LogP contribution in [0.1, 0.15) is 328 Å². The molecule has 0 aromatic heterocycles. The van der Waals surface area contributed by atoms with Crippen LogP contribution in [0.3, 0.4) is 0 Å². The van der Waals surface area contributed by atoms with E-state index in [-0.39, 0.29) is 18.5 Å². The zero-order valence-electron chi connectivity index (χ0n) is 48.6. The number of nitrogens with one attached hydrogen (secondary N) is 1. The van der Waals surface area contributed by atoms with Crippen molar-refractivity contribution in [3.05, 3.63) is 60.8 Å². The van der Waals surface area contributed by atoms with Gasteiger partial charge in [0.1, 0.15) is 0 Å². The first-order chi connectivity index (χ1) is 36.0. The molecule has 0 saturated heterocycles. The third kappa shape index (κ3) is 58.7. The second-order valence-corrected chi connectivity index (χ2v) is 21.8. The Morgan fingerprint density at radius 1 is 0.397 bits per heavy atom. The molecule has 0 aliphatic heterocycles. The molecule has 0 aliphatic carbocycles. The SMILES string of the molecule is CCCCCC/C=C\C/C=C\CCCCCCCCCC(=O)OCCCCC/C=C\C=C/CCCCCCCCC(=O)NC(CO)C(O)/C=C/CCCCCCCCCCCCCCCCCCCCCCC. The zero-order chi connectivity index (χ0) is 52.9. The van der Waals surface area contributed by atoms with Gasteiger partial charge in [0.05, 0.1) is 25.4 Å². The molecule has 0 aliphatic rings. The van der Waals surface area contributed by atoms with Crippen LogP contribution in [0.25, 0.3) is 0 Å². The van der Waals surface area contributed by atoms with Crippen LogP contribution in [-0.4, -0.2) is 47.4 Å². The lowest BCUT2D eigenvalue weighted by molar-refractivity contribution is -0.143. The summed E-state index contributed by atoms with van der Waals surface area (Å²) >= 11 is 0. The highest BCUT2D eigenvalue weighted by atomic mass is 16.5. The maximum Gasteiger partial charge on any atom is 0.305 e. The monoisotopic (exact) mass is 1020 g/mol. The van der Waals surface area contributed by atoms with E-state index in [9.17, 15) is 19.8 Å². The summed E-state index contributed by atoms with van der Waals surface area (Å²) in [4.78, 5) is 24.6. The summed E-state index contributed by atoms with van der Waals surface area (Å²) < 4.78 is 5.46. The zero-order valence-corrected chi connectivity index (χ0v) is 48.6. The molecule has 0 aromatic rings. The summed E-state index contributed by atoms with van der Waals surface area (Å²) in [6.45, 7) is 4.84. The van der Waals surface area contributed by atoms with Crippen LogP contribution in [0, 0.1) is 0 Å². The molecule has 0 radical (unpaired) electrons. The van der Waals surface area contributed by atoms with E-state index in [4.69, 9.17) is 4.74 Å². The van der Waals surface area contributed by atoms with Gasteiger partial charge in [-0.2, -0.15) is 0 Å². The lowest BCUT2D eigenvalue weighted by Gasteiger charge is -2.20. The van der Waals surface area contributed by atoms with E-state index in [0.717, 1.165) is 83.5 Å². The molecular weight excluding hydrogens is 899 g/mol. The number of hydrogen-bond acceptors (Lipinski definition) is 5. The molecule has 1 amide bonds. The summed E-state index contributed by atoms with van der Waals surface area (Å²) in [6, 6.07) is -0.648. The van der Waals surface area contributed by atoms with E-state index < -0.39 is 12.1 Å². The van der Waals surface area contributed by atoms with Gasteiger partial charge in [-0.15, -0.1) is 0 Å². The van der Waals surface area contributed by atoms with Crippen LogP contribution >= 0.6 is 0 Å². The fourth-order valence-corrected chi connectivity index (χ4v) is 9.60. The highest BCUT2D eigenvalue weighted by Gasteiger charge is 2.18. The van der Waals surface area contributed by atoms with Crippen LogP contribution in [0.5, 0.6) is 0 Å². The number of rotatable bonds is 59. The number of carbonyl (C=O) groups is 2. The molecule has 0 spiro atoms. The summed E-state index contributed by atoms with van der Waals surface area (Å²) in [5, 5.41) is 23.2. The Hall–Kier alpha value is -2.44. The van der Waals surface area contributed by atoms with Crippen molar-refractivity contribution in [1.82, 2.24) is 5.32 Å². The number of allylic oxidation sites excluding steroid dienone is 9. The lowest BCUT2D eigenvalue weighted by Crippen LogP contribution is -2.45. The minimum atomic E-state index is -0.862. The first-order valence-corrected chi connectivity index (χ1v) is 32.1. The second kappa shape index (κ2) is 62.1. The van der Waals surface area contributed by atoms with Crippen LogP contribution < -0.4 is 5.32 Å². The molecular formula is C67H123NO5. The lowest BCUT2D eigenvalue weighted by atomic mass is 10.0. The van der Waals surface area contributed by atoms with Crippen LogP contribution in [-0.2, 0) is 14.3 Å². The van der Waals surface area contributed by atoms with Crippen LogP contribution in [0.4, 0.5) is 0 Å². The molecule has 0 aromatic carbocycles. The van der Waals surface area contributed by atoms with Gasteiger partial charge in [0.15, 0.2) is 0 Å². The molecule has 2 unspecified atom stereocenters. The van der Waals surface area contributed by atoms with Gasteiger partial charge in [-0.05, 0) is 96.3 Å². The van der Waals surface area contributed by atoms with Gasteiger partial charge in [0.25, 0.3) is 0 Å². The third-order valence-corrected chi connectivity index (χ3v) is 14.5. The molecule has 0 heterocycles. The minimum absolute atomic E-state index is 0.0302. The van der Waals surface area contributed by atoms with E-state index in [0.29, 0.717) is 19.4 Å². The first kappa shape index (κ1) is 70.6. The highest BCUT2D eigenvalue weighted by molar-refractivity contribution is 5.76. The molecule has 0 saturated carbocycles. The van der Waals surface area contributed by atoms with Crippen molar-refractivity contribution in [2.75, 3.05) is 13.2 Å². The first-order valence-electron chi connectivity index (χ1n) is 32.1. The molecule has 426 valence electrons. The van der Waals surface area contributed by atoms with E-state index in [1.165, 1.54) is 218 Å². The molecule has 73 heavy (non-hydrogen) atoms. The predicted molar refractivity (Wildman–Crippen MR) is 319 cm³/mol. The number of esters is 1. The van der Waals surface area contributed by atoms with Crippen molar-refractivity contribution >= 4 is 11.9 Å². The Morgan fingerprint density at radius 2 is 0.726 bits per heavy atom. The Bertz CT molecular complexity index is 1270. The topological polar surface area (TPSA) is 95.9 Å². The summed E-state index contributed by atoms with van der Waals surface area (Å²) in [5.41, 5.74) is 0. The van der Waals surface area contributed by atoms with Gasteiger partial charge in [-0.25, -0.2) is 0 Å². The molecule has 6 nitrogen and oxygen atoms in total. The smallest absolute Gasteiger partial charge is 0.305 e. The maximum atomic E-state index is 12.5. The van der Waals surface area contributed by atoms with Gasteiger partial charge in [-0.3, -0.25) is 9.59 Å². The second-order valence-electron chi connectivity index (χ2n) is 21.8. The van der Waals surface area contributed by atoms with Crippen molar-refractivity contribution in [2.24, 2.45) is 0 Å². The van der Waals surface area contributed by atoms with Crippen molar-refractivity contribution < 1.29 is 24.5 Å². The highest BCUT2D eigenvalue weighted by Crippen LogP contribution is 2.17. The van der Waals surface area contributed by atoms with Crippen LogP contribution in [0.2, 0.25) is 0 Å². The van der Waals surface area contributed by atoms with Crippen LogP contribution in [0.15, 0.2) is 60.8 Å². The van der Waals surface area contributed by atoms with Gasteiger partial charge in [-0.1, -0.05) is 280 Å². The van der Waals surface area contributed by atoms with Crippen molar-refractivity contribution in [3.63, 3.8) is 0 Å². The largest absolute Gasteiger partial charge is 0.466 e. The Morgan fingerprint density at radius 3 is 1.14 bits per heavy atom. The predicted octanol–water partition coefficient (Wildman–Crippen LogP) is 20.3. The van der Waals surface area contributed by atoms with Gasteiger partial charge in [0.2, 0.25) is 5.91 Å². The third-order valence-electron chi connectivity index (χ3n) is 14.5. The maximum absolute atomic E-state index is 12.5. The van der Waals surface area contributed by atoms with Crippen molar-refractivity contribution in [2.45, 2.75) is 341 Å². The Balaban J connectivity index is 3.54. The summed E-state index contributed by atoms with van der Waals surface area (Å²) in [7, 11) is 0. The fraction of sp³-hybridized carbons (Fsp3) is 0.821. The summed E-state index contributed by atoms with van der Waals surface area (Å²) in [6.07, 6.45) is 81.2. The minimum Gasteiger partial charge on any atom is -0.466 e. The van der Waals surface area contributed by atoms with E-state index in [2.05, 4.69) is 67.8 Å². The number of ether oxygens (including phenoxy) is 1. The normalized spacial score (nSPS) is 13.0. The molecule has 6 heteroatoms. The van der Waals surface area contributed by atoms with E-state index in [1.54, 1.807) is 6.08 Å². The van der Waals surface area contributed by atoms with E-state index in [1.807, 2.05) is 6.08 Å². The molecule has 0 rings (SSSR count). The average molecular weight is 1020 g/mol. The number of carbonyl (C=O) groups excluding carboxylic acids is 2. The number of amides is 1. The average Bonchev–Trinajstić information content (AvgIpc) is 3.39. The van der Waals surface area contributed by atoms with E-state index >= 15 is 0 Å². The quantitative estimate of drug-likeness (QED) is 0.0244.